The van der Waals surface area contributed by atoms with E-state index in [1.54, 1.807) is 12.1 Å². The number of carbonyl (C=O) groups excluding carboxylic acids is 1. The molecule has 0 aromatic heterocycles. The van der Waals surface area contributed by atoms with Crippen molar-refractivity contribution in [2.24, 2.45) is 0 Å². The fraction of sp³-hybridized carbons (Fsp3) is 0.606. The minimum absolute atomic E-state index is 0.0997. The van der Waals surface area contributed by atoms with E-state index in [0.29, 0.717) is 66.1 Å². The van der Waals surface area contributed by atoms with Crippen LogP contribution in [0.2, 0.25) is 0 Å². The molecule has 8 nitrogen and oxygen atoms in total. The first-order chi connectivity index (χ1) is 20.2. The standard InChI is InChI=1S/C33H51NO7/c1-3-4-5-6-7-8-9-10-30-11-15-32(16-12-30)40-27-25-38-23-21-36-19-20-37-22-24-39-26-28-41-33-17-13-31(14-18-33)34-29(2)35/h11-18H,3-10,19-28H2,1-2H3,(H,34,35). The van der Waals surface area contributed by atoms with Crippen molar-refractivity contribution in [3.05, 3.63) is 54.1 Å². The molecular weight excluding hydrogens is 522 g/mol. The molecule has 230 valence electrons. The fourth-order valence-corrected chi connectivity index (χ4v) is 4.08. The minimum Gasteiger partial charge on any atom is -0.491 e. The van der Waals surface area contributed by atoms with Crippen molar-refractivity contribution >= 4 is 11.6 Å². The van der Waals surface area contributed by atoms with Crippen molar-refractivity contribution in [2.75, 3.05) is 71.4 Å². The lowest BCUT2D eigenvalue weighted by molar-refractivity contribution is -0.114. The highest BCUT2D eigenvalue weighted by molar-refractivity contribution is 5.88. The SMILES string of the molecule is CCCCCCCCCc1ccc(OCCOCCOCCOCCOCCOc2ccc(NC(C)=O)cc2)cc1. The van der Waals surface area contributed by atoms with Crippen LogP contribution in [-0.4, -0.2) is 72.0 Å². The molecule has 0 unspecified atom stereocenters. The van der Waals surface area contributed by atoms with Crippen LogP contribution in [0.5, 0.6) is 11.5 Å². The van der Waals surface area contributed by atoms with Gasteiger partial charge in [-0.3, -0.25) is 4.79 Å². The van der Waals surface area contributed by atoms with E-state index in [9.17, 15) is 4.79 Å². The van der Waals surface area contributed by atoms with Crippen LogP contribution in [0.25, 0.3) is 0 Å². The van der Waals surface area contributed by atoms with Gasteiger partial charge in [0.05, 0.1) is 52.9 Å². The van der Waals surface area contributed by atoms with Crippen LogP contribution in [0.15, 0.2) is 48.5 Å². The van der Waals surface area contributed by atoms with Gasteiger partial charge >= 0.3 is 0 Å². The third-order valence-corrected chi connectivity index (χ3v) is 6.28. The number of nitrogens with one attached hydrogen (secondary N) is 1. The van der Waals surface area contributed by atoms with E-state index in [1.807, 2.05) is 12.1 Å². The molecule has 2 aromatic carbocycles. The van der Waals surface area contributed by atoms with E-state index >= 15 is 0 Å². The molecule has 0 aliphatic heterocycles. The van der Waals surface area contributed by atoms with Crippen LogP contribution in [0.1, 0.15) is 64.4 Å². The summed E-state index contributed by atoms with van der Waals surface area (Å²) >= 11 is 0. The zero-order valence-corrected chi connectivity index (χ0v) is 25.2. The normalized spacial score (nSPS) is 11.0. The molecule has 0 atom stereocenters. The lowest BCUT2D eigenvalue weighted by atomic mass is 10.0. The molecule has 0 fully saturated rings. The summed E-state index contributed by atoms with van der Waals surface area (Å²) in [5.74, 6) is 1.51. The Balaban J connectivity index is 1.30. The summed E-state index contributed by atoms with van der Waals surface area (Å²) < 4.78 is 33.5. The van der Waals surface area contributed by atoms with Gasteiger partial charge in [-0.05, 0) is 54.8 Å². The Bertz CT molecular complexity index is 889. The highest BCUT2D eigenvalue weighted by atomic mass is 16.6. The first-order valence-electron chi connectivity index (χ1n) is 15.2. The summed E-state index contributed by atoms with van der Waals surface area (Å²) in [5.41, 5.74) is 2.12. The molecule has 2 aromatic rings. The molecule has 0 saturated heterocycles. The van der Waals surface area contributed by atoms with Gasteiger partial charge < -0.3 is 33.7 Å². The van der Waals surface area contributed by atoms with Gasteiger partial charge in [-0.1, -0.05) is 57.6 Å². The number of anilines is 1. The van der Waals surface area contributed by atoms with Gasteiger partial charge in [0, 0.05) is 12.6 Å². The zero-order valence-electron chi connectivity index (χ0n) is 25.2. The number of amides is 1. The van der Waals surface area contributed by atoms with Crippen molar-refractivity contribution in [2.45, 2.75) is 65.2 Å². The molecule has 0 spiro atoms. The van der Waals surface area contributed by atoms with Crippen molar-refractivity contribution in [1.29, 1.82) is 0 Å². The first-order valence-corrected chi connectivity index (χ1v) is 15.2. The summed E-state index contributed by atoms with van der Waals surface area (Å²) in [5, 5.41) is 2.72. The van der Waals surface area contributed by atoms with Crippen LogP contribution in [0.3, 0.4) is 0 Å². The number of carbonyl (C=O) groups is 1. The van der Waals surface area contributed by atoms with Gasteiger partial charge in [-0.2, -0.15) is 0 Å². The molecule has 0 bridgehead atoms. The maximum atomic E-state index is 11.0. The Hall–Kier alpha value is -2.65. The Morgan fingerprint density at radius 1 is 0.561 bits per heavy atom. The average Bonchev–Trinajstić information content (AvgIpc) is 2.97. The second-order valence-corrected chi connectivity index (χ2v) is 9.87. The van der Waals surface area contributed by atoms with Crippen LogP contribution < -0.4 is 14.8 Å². The second kappa shape index (κ2) is 24.0. The van der Waals surface area contributed by atoms with E-state index in [4.69, 9.17) is 28.4 Å². The molecular formula is C33H51NO7. The van der Waals surface area contributed by atoms with Crippen molar-refractivity contribution < 1.29 is 33.2 Å². The highest BCUT2D eigenvalue weighted by Crippen LogP contribution is 2.16. The lowest BCUT2D eigenvalue weighted by Crippen LogP contribution is -2.14. The maximum Gasteiger partial charge on any atom is 0.221 e. The third kappa shape index (κ3) is 19.2. The minimum atomic E-state index is -0.0997. The van der Waals surface area contributed by atoms with Gasteiger partial charge in [-0.15, -0.1) is 0 Å². The Labute approximate surface area is 247 Å². The van der Waals surface area contributed by atoms with Crippen LogP contribution >= 0.6 is 0 Å². The molecule has 2 rings (SSSR count). The number of aryl methyl sites for hydroxylation is 1. The number of hydrogen-bond donors (Lipinski definition) is 1. The summed E-state index contributed by atoms with van der Waals surface area (Å²) in [6, 6.07) is 15.7. The molecule has 0 heterocycles. The van der Waals surface area contributed by atoms with Crippen molar-refractivity contribution in [3.63, 3.8) is 0 Å². The molecule has 8 heteroatoms. The number of benzene rings is 2. The predicted molar refractivity (Wildman–Crippen MR) is 163 cm³/mol. The van der Waals surface area contributed by atoms with E-state index in [-0.39, 0.29) is 5.91 Å². The molecule has 0 radical (unpaired) electrons. The van der Waals surface area contributed by atoms with E-state index in [2.05, 4.69) is 36.5 Å². The molecule has 0 aliphatic carbocycles. The monoisotopic (exact) mass is 573 g/mol. The van der Waals surface area contributed by atoms with Crippen LogP contribution in [0.4, 0.5) is 5.69 Å². The Morgan fingerprint density at radius 3 is 1.44 bits per heavy atom. The summed E-state index contributed by atoms with van der Waals surface area (Å²) in [7, 11) is 0. The number of rotatable bonds is 26. The van der Waals surface area contributed by atoms with Gasteiger partial charge in [0.15, 0.2) is 0 Å². The second-order valence-electron chi connectivity index (χ2n) is 9.87. The van der Waals surface area contributed by atoms with Gasteiger partial charge in [0.2, 0.25) is 5.91 Å². The topological polar surface area (TPSA) is 84.5 Å². The number of ether oxygens (including phenoxy) is 6. The van der Waals surface area contributed by atoms with E-state index < -0.39 is 0 Å². The average molecular weight is 574 g/mol. The zero-order chi connectivity index (χ0) is 29.2. The first kappa shape index (κ1) is 34.6. The van der Waals surface area contributed by atoms with Crippen LogP contribution in [0, 0.1) is 0 Å². The highest BCUT2D eigenvalue weighted by Gasteiger charge is 2.00. The van der Waals surface area contributed by atoms with E-state index in [1.165, 1.54) is 57.4 Å². The fourth-order valence-electron chi connectivity index (χ4n) is 4.08. The van der Waals surface area contributed by atoms with Crippen molar-refractivity contribution in [1.82, 2.24) is 0 Å². The van der Waals surface area contributed by atoms with Gasteiger partial charge in [0.1, 0.15) is 24.7 Å². The Morgan fingerprint density at radius 2 is 0.976 bits per heavy atom. The largest absolute Gasteiger partial charge is 0.491 e. The molecule has 41 heavy (non-hydrogen) atoms. The third-order valence-electron chi connectivity index (χ3n) is 6.28. The quantitative estimate of drug-likeness (QED) is 0.129. The van der Waals surface area contributed by atoms with Gasteiger partial charge in [-0.25, -0.2) is 0 Å². The molecule has 1 N–H and O–H groups in total. The molecule has 1 amide bonds. The van der Waals surface area contributed by atoms with Gasteiger partial charge in [0.25, 0.3) is 0 Å². The van der Waals surface area contributed by atoms with E-state index in [0.717, 1.165) is 23.6 Å². The summed E-state index contributed by atoms with van der Waals surface area (Å²) in [4.78, 5) is 11.0. The lowest BCUT2D eigenvalue weighted by Gasteiger charge is -2.09. The van der Waals surface area contributed by atoms with Crippen molar-refractivity contribution in [3.8, 4) is 11.5 Å². The number of hydrogen-bond acceptors (Lipinski definition) is 7. The summed E-state index contributed by atoms with van der Waals surface area (Å²) in [6.45, 7) is 8.79. The summed E-state index contributed by atoms with van der Waals surface area (Å²) in [6.07, 6.45) is 10.5. The number of unbranched alkanes of at least 4 members (excludes halogenated alkanes) is 6. The van der Waals surface area contributed by atoms with Crippen LogP contribution in [-0.2, 0) is 30.2 Å². The smallest absolute Gasteiger partial charge is 0.221 e. The Kier molecular flexibility index (Phi) is 20.2. The molecule has 0 saturated carbocycles. The molecule has 0 aliphatic rings. The predicted octanol–water partition coefficient (Wildman–Crippen LogP) is 6.46. The maximum absolute atomic E-state index is 11.0.